The van der Waals surface area contributed by atoms with E-state index in [1.807, 2.05) is 0 Å². The van der Waals surface area contributed by atoms with E-state index in [9.17, 15) is 18.9 Å². The molecule has 0 aromatic carbocycles. The molecule has 0 aliphatic carbocycles. The Kier molecular flexibility index (Phi) is 3.07. The van der Waals surface area contributed by atoms with Crippen LogP contribution < -0.4 is 0 Å². The summed E-state index contributed by atoms with van der Waals surface area (Å²) in [6.45, 7) is 0. The highest BCUT2D eigenvalue weighted by molar-refractivity contribution is 14.1. The van der Waals surface area contributed by atoms with Gasteiger partial charge in [-0.05, 0) is 22.6 Å². The van der Waals surface area contributed by atoms with Crippen molar-refractivity contribution in [3.63, 3.8) is 0 Å². The first kappa shape index (κ1) is 10.2. The molecule has 1 rings (SSSR count). The highest BCUT2D eigenvalue weighted by Crippen LogP contribution is 2.27. The molecular weight excluding hydrogens is 297 g/mol. The van der Waals surface area contributed by atoms with E-state index in [2.05, 4.69) is 4.98 Å². The molecule has 0 N–H and O–H groups in total. The van der Waals surface area contributed by atoms with Gasteiger partial charge in [-0.3, -0.25) is 10.1 Å². The Morgan fingerprint density at radius 3 is 2.69 bits per heavy atom. The van der Waals surface area contributed by atoms with Crippen LogP contribution in [-0.2, 0) is 0 Å². The first-order valence-electron chi connectivity index (χ1n) is 3.10. The molecule has 0 aliphatic rings. The van der Waals surface area contributed by atoms with Crippen LogP contribution >= 0.6 is 22.6 Å². The predicted molar refractivity (Wildman–Crippen MR) is 48.6 cm³/mol. The van der Waals surface area contributed by atoms with Gasteiger partial charge in [0.15, 0.2) is 5.69 Å². The highest BCUT2D eigenvalue weighted by atomic mass is 127. The molecule has 4 nitrogen and oxygen atoms in total. The first-order valence-corrected chi connectivity index (χ1v) is 4.18. The molecule has 1 aromatic heterocycles. The van der Waals surface area contributed by atoms with Crippen LogP contribution in [0, 0.1) is 13.7 Å². The fourth-order valence-corrected chi connectivity index (χ4v) is 1.19. The van der Waals surface area contributed by atoms with E-state index < -0.39 is 22.7 Å². The van der Waals surface area contributed by atoms with Crippen molar-refractivity contribution in [1.29, 1.82) is 0 Å². The van der Waals surface area contributed by atoms with E-state index in [0.717, 1.165) is 12.3 Å². The van der Waals surface area contributed by atoms with Gasteiger partial charge in [-0.25, -0.2) is 13.8 Å². The van der Waals surface area contributed by atoms with Gasteiger partial charge in [0.1, 0.15) is 0 Å². The molecule has 0 aliphatic heterocycles. The quantitative estimate of drug-likeness (QED) is 0.479. The Labute approximate surface area is 85.3 Å². The fraction of sp³-hybridized carbons (Fsp3) is 0.167. The summed E-state index contributed by atoms with van der Waals surface area (Å²) in [7, 11) is 0. The van der Waals surface area contributed by atoms with E-state index in [1.165, 1.54) is 0 Å². The zero-order chi connectivity index (χ0) is 10.0. The number of rotatable bonds is 2. The fourth-order valence-electron chi connectivity index (χ4n) is 0.754. The van der Waals surface area contributed by atoms with Crippen molar-refractivity contribution in [1.82, 2.24) is 4.98 Å². The molecule has 0 radical (unpaired) electrons. The van der Waals surface area contributed by atoms with Crippen molar-refractivity contribution >= 4 is 28.3 Å². The summed E-state index contributed by atoms with van der Waals surface area (Å²) in [6, 6.07) is 1.06. The van der Waals surface area contributed by atoms with Crippen molar-refractivity contribution < 1.29 is 13.7 Å². The number of nitro groups is 1. The number of pyridine rings is 1. The van der Waals surface area contributed by atoms with Crippen LogP contribution in [0.3, 0.4) is 0 Å². The lowest BCUT2D eigenvalue weighted by Crippen LogP contribution is -1.99. The van der Waals surface area contributed by atoms with Gasteiger partial charge in [-0.1, -0.05) is 0 Å². The molecule has 0 bridgehead atoms. The largest absolute Gasteiger partial charge is 0.297 e. The third-order valence-electron chi connectivity index (χ3n) is 1.27. The predicted octanol–water partition coefficient (Wildman–Crippen LogP) is 2.53. The molecule has 1 heterocycles. The zero-order valence-electron chi connectivity index (χ0n) is 6.08. The van der Waals surface area contributed by atoms with E-state index in [4.69, 9.17) is 0 Å². The van der Waals surface area contributed by atoms with E-state index in [0.29, 0.717) is 3.57 Å². The van der Waals surface area contributed by atoms with Crippen molar-refractivity contribution in [3.8, 4) is 0 Å². The Balaban J connectivity index is 3.27. The van der Waals surface area contributed by atoms with Crippen LogP contribution in [0.4, 0.5) is 14.5 Å². The molecule has 13 heavy (non-hydrogen) atoms. The number of aromatic nitrogens is 1. The summed E-state index contributed by atoms with van der Waals surface area (Å²) in [5.74, 6) is 0. The monoisotopic (exact) mass is 300 g/mol. The van der Waals surface area contributed by atoms with Crippen molar-refractivity contribution in [3.05, 3.63) is 31.6 Å². The maximum Gasteiger partial charge on any atom is 0.297 e. The third kappa shape index (κ3) is 2.29. The molecule has 0 amide bonds. The van der Waals surface area contributed by atoms with Crippen molar-refractivity contribution in [2.24, 2.45) is 0 Å². The Morgan fingerprint density at radius 1 is 1.62 bits per heavy atom. The lowest BCUT2D eigenvalue weighted by molar-refractivity contribution is -0.386. The number of alkyl halides is 2. The van der Waals surface area contributed by atoms with Gasteiger partial charge in [-0.15, -0.1) is 0 Å². The standard InChI is InChI=1S/C6H3F2IN2O2/c7-6(8)5-4(11(12)13)1-3(9)2-10-5/h1-2,6H. The van der Waals surface area contributed by atoms with Crippen LogP contribution in [0.15, 0.2) is 12.3 Å². The smallest absolute Gasteiger partial charge is 0.258 e. The van der Waals surface area contributed by atoms with Crippen molar-refractivity contribution in [2.75, 3.05) is 0 Å². The van der Waals surface area contributed by atoms with E-state index in [1.54, 1.807) is 22.6 Å². The number of hydrogen-bond acceptors (Lipinski definition) is 3. The summed E-state index contributed by atoms with van der Waals surface area (Å²) >= 11 is 1.77. The second kappa shape index (κ2) is 3.90. The summed E-state index contributed by atoms with van der Waals surface area (Å²) in [5, 5.41) is 10.3. The Hall–Kier alpha value is -0.860. The molecule has 0 spiro atoms. The average molecular weight is 300 g/mol. The van der Waals surface area contributed by atoms with Crippen LogP contribution in [0.1, 0.15) is 12.1 Å². The lowest BCUT2D eigenvalue weighted by Gasteiger charge is -1.99. The maximum absolute atomic E-state index is 12.2. The minimum atomic E-state index is -2.92. The highest BCUT2D eigenvalue weighted by Gasteiger charge is 2.23. The average Bonchev–Trinajstić information content (AvgIpc) is 2.03. The summed E-state index contributed by atoms with van der Waals surface area (Å²) in [4.78, 5) is 12.7. The Bertz CT molecular complexity index is 345. The van der Waals surface area contributed by atoms with Gasteiger partial charge in [0, 0.05) is 15.8 Å². The molecule has 0 unspecified atom stereocenters. The molecule has 1 aromatic rings. The normalized spacial score (nSPS) is 10.5. The summed E-state index contributed by atoms with van der Waals surface area (Å²) < 4.78 is 24.8. The lowest BCUT2D eigenvalue weighted by atomic mass is 10.3. The van der Waals surface area contributed by atoms with Gasteiger partial charge < -0.3 is 0 Å². The zero-order valence-corrected chi connectivity index (χ0v) is 8.23. The molecule has 70 valence electrons. The van der Waals surface area contributed by atoms with Gasteiger partial charge >= 0.3 is 0 Å². The summed E-state index contributed by atoms with van der Waals surface area (Å²) in [5.41, 5.74) is -1.42. The van der Waals surface area contributed by atoms with Crippen molar-refractivity contribution in [2.45, 2.75) is 6.43 Å². The van der Waals surface area contributed by atoms with Gasteiger partial charge in [-0.2, -0.15) is 0 Å². The second-order valence-corrected chi connectivity index (χ2v) is 3.36. The molecular formula is C6H3F2IN2O2. The molecule has 0 atom stereocenters. The SMILES string of the molecule is O=[N+]([O-])c1cc(I)cnc1C(F)F. The topological polar surface area (TPSA) is 56.0 Å². The molecule has 7 heteroatoms. The second-order valence-electron chi connectivity index (χ2n) is 2.12. The van der Waals surface area contributed by atoms with Crippen LogP contribution in [-0.4, -0.2) is 9.91 Å². The van der Waals surface area contributed by atoms with E-state index >= 15 is 0 Å². The minimum Gasteiger partial charge on any atom is -0.258 e. The number of nitrogens with zero attached hydrogens (tertiary/aromatic N) is 2. The van der Waals surface area contributed by atoms with Crippen LogP contribution in [0.2, 0.25) is 0 Å². The van der Waals surface area contributed by atoms with Gasteiger partial charge in [0.05, 0.1) is 4.92 Å². The van der Waals surface area contributed by atoms with Gasteiger partial charge in [0.2, 0.25) is 0 Å². The Morgan fingerprint density at radius 2 is 2.23 bits per heavy atom. The van der Waals surface area contributed by atoms with E-state index in [-0.39, 0.29) is 0 Å². The van der Waals surface area contributed by atoms with Crippen LogP contribution in [0.25, 0.3) is 0 Å². The minimum absolute atomic E-state index is 0.453. The molecule has 0 saturated heterocycles. The van der Waals surface area contributed by atoms with Gasteiger partial charge in [0.25, 0.3) is 12.1 Å². The molecule has 0 saturated carbocycles. The summed E-state index contributed by atoms with van der Waals surface area (Å²) in [6.07, 6.45) is -1.76. The maximum atomic E-state index is 12.2. The third-order valence-corrected chi connectivity index (χ3v) is 1.86. The first-order chi connectivity index (χ1) is 6.02. The number of hydrogen-bond donors (Lipinski definition) is 0. The molecule has 0 fully saturated rings. The number of halogens is 3. The van der Waals surface area contributed by atoms with Crippen LogP contribution in [0.5, 0.6) is 0 Å².